The van der Waals surface area contributed by atoms with Crippen molar-refractivity contribution in [1.82, 2.24) is 9.97 Å². The van der Waals surface area contributed by atoms with Crippen LogP contribution in [0.5, 0.6) is 0 Å². The van der Waals surface area contributed by atoms with Gasteiger partial charge in [0.15, 0.2) is 5.58 Å². The minimum absolute atomic E-state index is 0.227. The van der Waals surface area contributed by atoms with Crippen LogP contribution in [0.3, 0.4) is 0 Å². The van der Waals surface area contributed by atoms with Crippen LogP contribution in [0.2, 0.25) is 5.28 Å². The third kappa shape index (κ3) is 2.52. The normalized spacial score (nSPS) is 16.6. The van der Waals surface area contributed by atoms with Crippen molar-refractivity contribution in [3.63, 3.8) is 0 Å². The molecule has 0 fully saturated rings. The van der Waals surface area contributed by atoms with Crippen LogP contribution in [-0.2, 0) is 0 Å². The van der Waals surface area contributed by atoms with Gasteiger partial charge in [0.05, 0.1) is 0 Å². The number of fused-ring (bicyclic) bond motifs is 3. The van der Waals surface area contributed by atoms with Gasteiger partial charge in [0.1, 0.15) is 16.8 Å². The number of hydrogen-bond donors (Lipinski definition) is 0. The summed E-state index contributed by atoms with van der Waals surface area (Å²) in [6.45, 7) is 0. The van der Waals surface area contributed by atoms with E-state index in [1.165, 1.54) is 5.56 Å². The first-order valence-electron chi connectivity index (χ1n) is 8.58. The van der Waals surface area contributed by atoms with Crippen molar-refractivity contribution in [1.29, 1.82) is 0 Å². The van der Waals surface area contributed by atoms with Crippen LogP contribution in [0.25, 0.3) is 33.3 Å². The third-order valence-electron chi connectivity index (χ3n) is 4.76. The van der Waals surface area contributed by atoms with E-state index < -0.39 is 0 Å². The first-order chi connectivity index (χ1) is 12.8. The summed E-state index contributed by atoms with van der Waals surface area (Å²) in [6.07, 6.45) is 9.60. The molecule has 0 saturated carbocycles. The van der Waals surface area contributed by atoms with E-state index in [4.69, 9.17) is 16.0 Å². The summed E-state index contributed by atoms with van der Waals surface area (Å²) < 4.78 is 6.07. The van der Waals surface area contributed by atoms with Crippen molar-refractivity contribution in [3.8, 4) is 11.3 Å². The van der Waals surface area contributed by atoms with Crippen LogP contribution < -0.4 is 0 Å². The zero-order chi connectivity index (χ0) is 17.5. The molecule has 0 saturated heterocycles. The number of hydrogen-bond acceptors (Lipinski definition) is 3. The number of halogens is 1. The summed E-state index contributed by atoms with van der Waals surface area (Å²) in [5.41, 5.74) is 5.18. The summed E-state index contributed by atoms with van der Waals surface area (Å²) in [4.78, 5) is 8.88. The largest absolute Gasteiger partial charge is 0.452 e. The highest BCUT2D eigenvalue weighted by Gasteiger charge is 2.17. The molecule has 1 atom stereocenters. The Morgan fingerprint density at radius 3 is 2.81 bits per heavy atom. The van der Waals surface area contributed by atoms with Crippen molar-refractivity contribution >= 4 is 33.7 Å². The van der Waals surface area contributed by atoms with Gasteiger partial charge in [-0.3, -0.25) is 0 Å². The van der Waals surface area contributed by atoms with Gasteiger partial charge in [0.2, 0.25) is 5.28 Å². The predicted molar refractivity (Wildman–Crippen MR) is 105 cm³/mol. The van der Waals surface area contributed by atoms with Gasteiger partial charge in [-0.05, 0) is 41.8 Å². The van der Waals surface area contributed by atoms with Crippen molar-refractivity contribution in [3.05, 3.63) is 83.7 Å². The number of para-hydroxylation sites is 1. The first kappa shape index (κ1) is 15.4. The Balaban J connectivity index is 1.72. The van der Waals surface area contributed by atoms with Crippen LogP contribution in [0.15, 0.2) is 77.3 Å². The lowest BCUT2D eigenvalue weighted by Crippen LogP contribution is -1.97. The van der Waals surface area contributed by atoms with Gasteiger partial charge in [-0.1, -0.05) is 54.6 Å². The van der Waals surface area contributed by atoms with Crippen LogP contribution in [-0.4, -0.2) is 9.97 Å². The highest BCUT2D eigenvalue weighted by Crippen LogP contribution is 2.35. The maximum absolute atomic E-state index is 6.24. The van der Waals surface area contributed by atoms with Gasteiger partial charge in [0.25, 0.3) is 0 Å². The number of benzene rings is 2. The first-order valence-corrected chi connectivity index (χ1v) is 8.96. The highest BCUT2D eigenvalue weighted by atomic mass is 35.5. The Bertz CT molecular complexity index is 1190. The topological polar surface area (TPSA) is 38.9 Å². The van der Waals surface area contributed by atoms with Crippen molar-refractivity contribution < 1.29 is 4.42 Å². The smallest absolute Gasteiger partial charge is 0.223 e. The van der Waals surface area contributed by atoms with E-state index in [2.05, 4.69) is 52.5 Å². The molecule has 4 aromatic rings. The Morgan fingerprint density at radius 1 is 1.00 bits per heavy atom. The van der Waals surface area contributed by atoms with E-state index in [1.54, 1.807) is 0 Å². The SMILES string of the molecule is Clc1nc(-c2cccc(C3C=CC=CC3)c2)c2oc3ccccc3c2n1. The fourth-order valence-electron chi connectivity index (χ4n) is 3.50. The Labute approximate surface area is 155 Å². The fraction of sp³-hybridized carbons (Fsp3) is 0.0909. The molecule has 1 aliphatic rings. The molecule has 26 heavy (non-hydrogen) atoms. The second-order valence-corrected chi connectivity index (χ2v) is 6.74. The molecule has 5 rings (SSSR count). The summed E-state index contributed by atoms with van der Waals surface area (Å²) in [7, 11) is 0. The van der Waals surface area contributed by atoms with Gasteiger partial charge in [-0.2, -0.15) is 0 Å². The molecule has 0 aliphatic heterocycles. The standard InChI is InChI=1S/C22H15ClN2O/c23-22-24-19(21-20(25-22)17-11-4-5-12-18(17)26-21)16-10-6-9-15(13-16)14-7-2-1-3-8-14/h1-7,9-14H,8H2. The molecule has 3 nitrogen and oxygen atoms in total. The van der Waals surface area contributed by atoms with E-state index in [9.17, 15) is 0 Å². The molecule has 0 N–H and O–H groups in total. The molecule has 0 bridgehead atoms. The maximum Gasteiger partial charge on any atom is 0.223 e. The van der Waals surface area contributed by atoms with Crippen molar-refractivity contribution in [2.75, 3.05) is 0 Å². The highest BCUT2D eigenvalue weighted by molar-refractivity contribution is 6.29. The minimum Gasteiger partial charge on any atom is -0.452 e. The summed E-state index contributed by atoms with van der Waals surface area (Å²) >= 11 is 6.24. The van der Waals surface area contributed by atoms with Crippen LogP contribution in [0.1, 0.15) is 17.9 Å². The van der Waals surface area contributed by atoms with Crippen LogP contribution >= 0.6 is 11.6 Å². The summed E-state index contributed by atoms with van der Waals surface area (Å²) in [5, 5.41) is 1.18. The van der Waals surface area contributed by atoms with Gasteiger partial charge in [0, 0.05) is 16.9 Å². The second kappa shape index (κ2) is 6.11. The lowest BCUT2D eigenvalue weighted by Gasteiger charge is -2.14. The van der Waals surface area contributed by atoms with Crippen LogP contribution in [0.4, 0.5) is 0 Å². The number of rotatable bonds is 2. The molecule has 2 heterocycles. The minimum atomic E-state index is 0.227. The Hall–Kier alpha value is -2.91. The lowest BCUT2D eigenvalue weighted by molar-refractivity contribution is 0.667. The molecule has 0 radical (unpaired) electrons. The molecule has 2 aromatic carbocycles. The molecule has 126 valence electrons. The van der Waals surface area contributed by atoms with E-state index in [0.717, 1.165) is 34.2 Å². The van der Waals surface area contributed by atoms with E-state index in [1.807, 2.05) is 30.3 Å². The number of aromatic nitrogens is 2. The van der Waals surface area contributed by atoms with Gasteiger partial charge >= 0.3 is 0 Å². The fourth-order valence-corrected chi connectivity index (χ4v) is 3.67. The Morgan fingerprint density at radius 2 is 1.92 bits per heavy atom. The average molecular weight is 359 g/mol. The summed E-state index contributed by atoms with van der Waals surface area (Å²) in [6, 6.07) is 16.3. The maximum atomic E-state index is 6.24. The van der Waals surface area contributed by atoms with Gasteiger partial charge < -0.3 is 4.42 Å². The molecule has 1 aliphatic carbocycles. The zero-order valence-corrected chi connectivity index (χ0v) is 14.6. The number of nitrogens with zero attached hydrogens (tertiary/aromatic N) is 2. The lowest BCUT2D eigenvalue weighted by atomic mass is 9.91. The molecular weight excluding hydrogens is 344 g/mol. The molecule has 0 amide bonds. The van der Waals surface area contributed by atoms with Gasteiger partial charge in [-0.15, -0.1) is 0 Å². The number of furan rings is 1. The second-order valence-electron chi connectivity index (χ2n) is 6.40. The average Bonchev–Trinajstić information content (AvgIpc) is 3.07. The Kier molecular flexibility index (Phi) is 3.61. The molecular formula is C22H15ClN2O. The van der Waals surface area contributed by atoms with E-state index >= 15 is 0 Å². The summed E-state index contributed by atoms with van der Waals surface area (Å²) in [5.74, 6) is 0.378. The quantitative estimate of drug-likeness (QED) is 0.395. The third-order valence-corrected chi connectivity index (χ3v) is 4.93. The monoisotopic (exact) mass is 358 g/mol. The van der Waals surface area contributed by atoms with Crippen molar-refractivity contribution in [2.45, 2.75) is 12.3 Å². The number of allylic oxidation sites excluding steroid dienone is 4. The molecule has 2 aromatic heterocycles. The van der Waals surface area contributed by atoms with Gasteiger partial charge in [-0.25, -0.2) is 9.97 Å². The molecule has 4 heteroatoms. The van der Waals surface area contributed by atoms with E-state index in [-0.39, 0.29) is 5.28 Å². The molecule has 1 unspecified atom stereocenters. The molecule has 0 spiro atoms. The van der Waals surface area contributed by atoms with Crippen molar-refractivity contribution in [2.24, 2.45) is 0 Å². The predicted octanol–water partition coefficient (Wildman–Crippen LogP) is 6.30. The zero-order valence-electron chi connectivity index (χ0n) is 13.9. The van der Waals surface area contributed by atoms with E-state index in [0.29, 0.717) is 11.5 Å². The van der Waals surface area contributed by atoms with Crippen LogP contribution in [0, 0.1) is 0 Å².